The Morgan fingerprint density at radius 3 is 2.55 bits per heavy atom. The van der Waals surface area contributed by atoms with E-state index in [-0.39, 0.29) is 23.1 Å². The fourth-order valence-corrected chi connectivity index (χ4v) is 3.87. The van der Waals surface area contributed by atoms with Crippen LogP contribution in [0.3, 0.4) is 0 Å². The number of benzene rings is 1. The minimum absolute atomic E-state index is 0.172. The molecular formula is C20H23ClN2O5S. The van der Waals surface area contributed by atoms with Gasteiger partial charge in [0.2, 0.25) is 0 Å². The normalized spacial score (nSPS) is 11.5. The van der Waals surface area contributed by atoms with E-state index >= 15 is 0 Å². The van der Waals surface area contributed by atoms with E-state index in [1.54, 1.807) is 59.1 Å². The van der Waals surface area contributed by atoms with Crippen LogP contribution in [0.15, 0.2) is 24.3 Å². The molecule has 2 rings (SSSR count). The van der Waals surface area contributed by atoms with Crippen LogP contribution >= 0.6 is 22.9 Å². The van der Waals surface area contributed by atoms with Crippen LogP contribution < -0.4 is 10.1 Å². The molecule has 0 aliphatic carbocycles. The van der Waals surface area contributed by atoms with Gasteiger partial charge in [-0.05, 0) is 44.5 Å². The molecule has 2 aromatic rings. The summed E-state index contributed by atoms with van der Waals surface area (Å²) in [5, 5.41) is 3.42. The van der Waals surface area contributed by atoms with Gasteiger partial charge in [-0.2, -0.15) is 0 Å². The molecule has 0 aliphatic rings. The molecule has 2 amide bonds. The van der Waals surface area contributed by atoms with Crippen molar-refractivity contribution in [2.24, 2.45) is 0 Å². The lowest BCUT2D eigenvalue weighted by Crippen LogP contribution is -2.30. The molecule has 1 aromatic heterocycles. The number of rotatable bonds is 7. The van der Waals surface area contributed by atoms with Crippen molar-refractivity contribution in [1.29, 1.82) is 0 Å². The zero-order valence-corrected chi connectivity index (χ0v) is 18.4. The molecule has 0 aliphatic heterocycles. The second-order valence-corrected chi connectivity index (χ2v) is 7.84. The van der Waals surface area contributed by atoms with E-state index in [0.29, 0.717) is 21.2 Å². The lowest BCUT2D eigenvalue weighted by molar-refractivity contribution is -0.122. The largest absolute Gasteiger partial charge is 0.481 e. The molecule has 1 atom stereocenters. The number of anilines is 1. The van der Waals surface area contributed by atoms with E-state index in [2.05, 4.69) is 5.32 Å². The summed E-state index contributed by atoms with van der Waals surface area (Å²) in [6, 6.07) is 6.69. The summed E-state index contributed by atoms with van der Waals surface area (Å²) in [5.74, 6) is -0.892. The van der Waals surface area contributed by atoms with Gasteiger partial charge in [0.1, 0.15) is 10.8 Å². The van der Waals surface area contributed by atoms with E-state index in [4.69, 9.17) is 21.1 Å². The minimum atomic E-state index is -0.862. The number of esters is 1. The Bertz CT molecular complexity index is 926. The summed E-state index contributed by atoms with van der Waals surface area (Å²) in [7, 11) is 3.23. The highest BCUT2D eigenvalue weighted by molar-refractivity contribution is 7.18. The standard InChI is InChI=1S/C20H23ClN2O5S/c1-6-27-20(26)15-11(2)16(19(25)23(4)5)29-18(15)22-17(24)12(3)28-14-9-7-8-13(21)10-14/h7-10,12H,6H2,1-5H3,(H,22,24). The monoisotopic (exact) mass is 438 g/mol. The van der Waals surface area contributed by atoms with Gasteiger partial charge in [-0.25, -0.2) is 4.79 Å². The van der Waals surface area contributed by atoms with Crippen molar-refractivity contribution < 1.29 is 23.9 Å². The van der Waals surface area contributed by atoms with Gasteiger partial charge in [-0.15, -0.1) is 11.3 Å². The number of carbonyl (C=O) groups excluding carboxylic acids is 3. The van der Waals surface area contributed by atoms with Gasteiger partial charge in [0.25, 0.3) is 11.8 Å². The number of nitrogens with one attached hydrogen (secondary N) is 1. The maximum absolute atomic E-state index is 12.6. The zero-order chi connectivity index (χ0) is 21.7. The van der Waals surface area contributed by atoms with E-state index in [9.17, 15) is 14.4 Å². The van der Waals surface area contributed by atoms with Crippen molar-refractivity contribution in [2.45, 2.75) is 26.9 Å². The van der Waals surface area contributed by atoms with Gasteiger partial charge >= 0.3 is 5.97 Å². The van der Waals surface area contributed by atoms with Crippen molar-refractivity contribution in [3.05, 3.63) is 45.3 Å². The molecule has 0 radical (unpaired) electrons. The molecule has 0 bridgehead atoms. The van der Waals surface area contributed by atoms with Gasteiger partial charge in [0.05, 0.1) is 17.0 Å². The quantitative estimate of drug-likeness (QED) is 0.660. The summed E-state index contributed by atoms with van der Waals surface area (Å²) in [5.41, 5.74) is 0.635. The Labute approximate surface area is 178 Å². The molecule has 1 aromatic carbocycles. The fraction of sp³-hybridized carbons (Fsp3) is 0.350. The van der Waals surface area contributed by atoms with Gasteiger partial charge in [-0.3, -0.25) is 9.59 Å². The van der Waals surface area contributed by atoms with Crippen LogP contribution in [0.2, 0.25) is 5.02 Å². The van der Waals surface area contributed by atoms with Crippen LogP contribution in [0.5, 0.6) is 5.75 Å². The average molecular weight is 439 g/mol. The molecular weight excluding hydrogens is 416 g/mol. The number of ether oxygens (including phenoxy) is 2. The number of thiophene rings is 1. The summed E-state index contributed by atoms with van der Waals surface area (Å²) in [6.45, 7) is 5.09. The summed E-state index contributed by atoms with van der Waals surface area (Å²) >= 11 is 6.96. The van der Waals surface area contributed by atoms with Crippen LogP contribution in [-0.2, 0) is 9.53 Å². The molecule has 1 N–H and O–H groups in total. The summed E-state index contributed by atoms with van der Waals surface area (Å²) < 4.78 is 10.7. The fourth-order valence-electron chi connectivity index (χ4n) is 2.47. The highest BCUT2D eigenvalue weighted by Crippen LogP contribution is 2.34. The number of carbonyl (C=O) groups is 3. The zero-order valence-electron chi connectivity index (χ0n) is 16.9. The first kappa shape index (κ1) is 22.7. The minimum Gasteiger partial charge on any atom is -0.481 e. The molecule has 7 nitrogen and oxygen atoms in total. The number of hydrogen-bond donors (Lipinski definition) is 1. The van der Waals surface area contributed by atoms with Crippen molar-refractivity contribution in [3.63, 3.8) is 0 Å². The molecule has 0 saturated heterocycles. The molecule has 1 unspecified atom stereocenters. The molecule has 0 saturated carbocycles. The highest BCUT2D eigenvalue weighted by Gasteiger charge is 2.28. The molecule has 156 valence electrons. The smallest absolute Gasteiger partial charge is 0.341 e. The highest BCUT2D eigenvalue weighted by atomic mass is 35.5. The maximum atomic E-state index is 12.6. The summed E-state index contributed by atoms with van der Waals surface area (Å²) in [6.07, 6.45) is -0.862. The maximum Gasteiger partial charge on any atom is 0.341 e. The Kier molecular flexibility index (Phi) is 7.64. The Morgan fingerprint density at radius 2 is 1.97 bits per heavy atom. The number of nitrogens with zero attached hydrogens (tertiary/aromatic N) is 1. The van der Waals surface area contributed by atoms with Crippen molar-refractivity contribution in [1.82, 2.24) is 4.90 Å². The van der Waals surface area contributed by atoms with Crippen LogP contribution in [0, 0.1) is 6.92 Å². The summed E-state index contributed by atoms with van der Waals surface area (Å²) in [4.78, 5) is 39.3. The second-order valence-electron chi connectivity index (χ2n) is 6.39. The lowest BCUT2D eigenvalue weighted by atomic mass is 10.1. The topological polar surface area (TPSA) is 84.9 Å². The van der Waals surface area contributed by atoms with Crippen molar-refractivity contribution in [2.75, 3.05) is 26.0 Å². The van der Waals surface area contributed by atoms with Crippen LogP contribution in [-0.4, -0.2) is 49.5 Å². The van der Waals surface area contributed by atoms with Gasteiger partial charge in [0.15, 0.2) is 6.10 Å². The third-order valence-electron chi connectivity index (χ3n) is 3.94. The van der Waals surface area contributed by atoms with Crippen LogP contribution in [0.25, 0.3) is 0 Å². The predicted octanol–water partition coefficient (Wildman–Crippen LogP) is 3.99. The average Bonchev–Trinajstić information content (AvgIpc) is 2.97. The van der Waals surface area contributed by atoms with Gasteiger partial charge < -0.3 is 19.7 Å². The third kappa shape index (κ3) is 5.48. The van der Waals surface area contributed by atoms with E-state index in [0.717, 1.165) is 11.3 Å². The molecule has 9 heteroatoms. The molecule has 1 heterocycles. The lowest BCUT2D eigenvalue weighted by Gasteiger charge is -2.15. The number of amides is 2. The van der Waals surface area contributed by atoms with Crippen molar-refractivity contribution in [3.8, 4) is 5.75 Å². The first-order valence-electron chi connectivity index (χ1n) is 8.90. The second kappa shape index (κ2) is 9.76. The van der Waals surface area contributed by atoms with E-state index < -0.39 is 18.0 Å². The van der Waals surface area contributed by atoms with Crippen LogP contribution in [0.4, 0.5) is 5.00 Å². The molecule has 0 spiro atoms. The first-order valence-corrected chi connectivity index (χ1v) is 10.1. The third-order valence-corrected chi connectivity index (χ3v) is 5.37. The Morgan fingerprint density at radius 1 is 1.28 bits per heavy atom. The molecule has 29 heavy (non-hydrogen) atoms. The number of hydrogen-bond acceptors (Lipinski definition) is 6. The first-order chi connectivity index (χ1) is 13.6. The van der Waals surface area contributed by atoms with Gasteiger partial charge in [-0.1, -0.05) is 17.7 Å². The Balaban J connectivity index is 2.29. The SMILES string of the molecule is CCOC(=O)c1c(NC(=O)C(C)Oc2cccc(Cl)c2)sc(C(=O)N(C)C)c1C. The van der Waals surface area contributed by atoms with E-state index in [1.807, 2.05) is 0 Å². The Hall–Kier alpha value is -2.58. The van der Waals surface area contributed by atoms with Crippen molar-refractivity contribution >= 4 is 45.7 Å². The predicted molar refractivity (Wildman–Crippen MR) is 113 cm³/mol. The number of halogens is 1. The molecule has 0 fully saturated rings. The van der Waals surface area contributed by atoms with E-state index in [1.165, 1.54) is 4.90 Å². The van der Waals surface area contributed by atoms with Gasteiger partial charge in [0, 0.05) is 19.1 Å². The van der Waals surface area contributed by atoms with Crippen LogP contribution in [0.1, 0.15) is 39.4 Å².